The second-order valence-electron chi connectivity index (χ2n) is 3.24. The molecule has 0 aromatic carbocycles. The van der Waals surface area contributed by atoms with Crippen molar-refractivity contribution in [2.45, 2.75) is 39.5 Å². The third-order valence-electron chi connectivity index (χ3n) is 1.64. The summed E-state index contributed by atoms with van der Waals surface area (Å²) in [6.45, 7) is 5.62. The summed E-state index contributed by atoms with van der Waals surface area (Å²) >= 11 is 0. The van der Waals surface area contributed by atoms with E-state index in [0.717, 1.165) is 12.5 Å². The van der Waals surface area contributed by atoms with Gasteiger partial charge in [0.2, 0.25) is 0 Å². The first-order chi connectivity index (χ1) is 4.77. The Bertz CT molecular complexity index is 59.7. The molecule has 61 valence electrons. The highest BCUT2D eigenvalue weighted by atomic mass is 14.8. The SMILES string of the molecule is [CH2]NCCCCCC(C)C. The molecular formula is C9H20N. The van der Waals surface area contributed by atoms with Crippen LogP contribution in [-0.4, -0.2) is 6.54 Å². The first-order valence-corrected chi connectivity index (χ1v) is 4.27. The van der Waals surface area contributed by atoms with Crippen molar-refractivity contribution in [3.63, 3.8) is 0 Å². The molecule has 0 spiro atoms. The monoisotopic (exact) mass is 142 g/mol. The normalized spacial score (nSPS) is 10.8. The van der Waals surface area contributed by atoms with Crippen molar-refractivity contribution >= 4 is 0 Å². The third-order valence-corrected chi connectivity index (χ3v) is 1.64. The van der Waals surface area contributed by atoms with E-state index in [-0.39, 0.29) is 0 Å². The van der Waals surface area contributed by atoms with Crippen LogP contribution in [0.3, 0.4) is 0 Å². The summed E-state index contributed by atoms with van der Waals surface area (Å²) in [5, 5.41) is 2.91. The van der Waals surface area contributed by atoms with Gasteiger partial charge in [-0.1, -0.05) is 33.1 Å². The van der Waals surface area contributed by atoms with Gasteiger partial charge in [0, 0.05) is 7.05 Å². The minimum absolute atomic E-state index is 0.868. The van der Waals surface area contributed by atoms with Gasteiger partial charge in [-0.15, -0.1) is 0 Å². The Morgan fingerprint density at radius 3 is 2.40 bits per heavy atom. The maximum atomic E-state index is 3.57. The van der Waals surface area contributed by atoms with E-state index in [1.165, 1.54) is 25.7 Å². The molecule has 0 saturated heterocycles. The van der Waals surface area contributed by atoms with E-state index in [2.05, 4.69) is 26.2 Å². The summed E-state index contributed by atoms with van der Waals surface area (Å²) in [6, 6.07) is 0. The van der Waals surface area contributed by atoms with Gasteiger partial charge in [0.05, 0.1) is 0 Å². The molecule has 1 N–H and O–H groups in total. The van der Waals surface area contributed by atoms with Crippen molar-refractivity contribution in [1.29, 1.82) is 0 Å². The van der Waals surface area contributed by atoms with Gasteiger partial charge in [-0.2, -0.15) is 0 Å². The highest BCUT2D eigenvalue weighted by molar-refractivity contribution is 4.49. The molecule has 1 nitrogen and oxygen atoms in total. The lowest BCUT2D eigenvalue weighted by Gasteiger charge is -2.03. The van der Waals surface area contributed by atoms with Gasteiger partial charge >= 0.3 is 0 Å². The molecule has 0 aliphatic heterocycles. The smallest absolute Gasteiger partial charge is 0.00767 e. The van der Waals surface area contributed by atoms with Gasteiger partial charge in [-0.3, -0.25) is 0 Å². The molecule has 10 heavy (non-hydrogen) atoms. The van der Waals surface area contributed by atoms with Crippen LogP contribution in [0.2, 0.25) is 0 Å². The van der Waals surface area contributed by atoms with E-state index in [1.54, 1.807) is 0 Å². The van der Waals surface area contributed by atoms with Crippen molar-refractivity contribution in [3.05, 3.63) is 7.05 Å². The Labute approximate surface area is 65.2 Å². The zero-order valence-electron chi connectivity index (χ0n) is 7.32. The molecule has 0 aromatic heterocycles. The van der Waals surface area contributed by atoms with E-state index in [1.807, 2.05) is 0 Å². The van der Waals surface area contributed by atoms with E-state index < -0.39 is 0 Å². The summed E-state index contributed by atoms with van der Waals surface area (Å²) in [4.78, 5) is 0. The van der Waals surface area contributed by atoms with Gasteiger partial charge in [0.1, 0.15) is 0 Å². The quantitative estimate of drug-likeness (QED) is 0.562. The van der Waals surface area contributed by atoms with E-state index in [4.69, 9.17) is 0 Å². The van der Waals surface area contributed by atoms with Crippen molar-refractivity contribution in [2.75, 3.05) is 6.54 Å². The predicted molar refractivity (Wildman–Crippen MR) is 46.7 cm³/mol. The molecule has 0 bridgehead atoms. The minimum Gasteiger partial charge on any atom is -0.315 e. The molecule has 0 rings (SSSR count). The van der Waals surface area contributed by atoms with Crippen LogP contribution in [-0.2, 0) is 0 Å². The van der Waals surface area contributed by atoms with Crippen molar-refractivity contribution in [2.24, 2.45) is 5.92 Å². The predicted octanol–water partition coefficient (Wildman–Crippen LogP) is 2.58. The van der Waals surface area contributed by atoms with Gasteiger partial charge in [-0.25, -0.2) is 0 Å². The van der Waals surface area contributed by atoms with E-state index in [0.29, 0.717) is 0 Å². The fraction of sp³-hybridized carbons (Fsp3) is 0.889. The molecule has 1 radical (unpaired) electrons. The molecular weight excluding hydrogens is 122 g/mol. The third kappa shape index (κ3) is 7.96. The average Bonchev–Trinajstić information content (AvgIpc) is 1.87. The molecule has 0 heterocycles. The summed E-state index contributed by atoms with van der Waals surface area (Å²) < 4.78 is 0. The fourth-order valence-corrected chi connectivity index (χ4v) is 0.979. The van der Waals surface area contributed by atoms with Gasteiger partial charge in [0.15, 0.2) is 0 Å². The fourth-order valence-electron chi connectivity index (χ4n) is 0.979. The Morgan fingerprint density at radius 1 is 1.20 bits per heavy atom. The minimum atomic E-state index is 0.868. The molecule has 0 amide bonds. The highest BCUT2D eigenvalue weighted by Crippen LogP contribution is 2.07. The van der Waals surface area contributed by atoms with E-state index in [9.17, 15) is 0 Å². The maximum absolute atomic E-state index is 3.57. The van der Waals surface area contributed by atoms with Crippen LogP contribution in [0, 0.1) is 13.0 Å². The summed E-state index contributed by atoms with van der Waals surface area (Å²) in [5.41, 5.74) is 0. The lowest BCUT2D eigenvalue weighted by molar-refractivity contribution is 0.524. The van der Waals surface area contributed by atoms with Crippen molar-refractivity contribution in [1.82, 2.24) is 5.32 Å². The van der Waals surface area contributed by atoms with Crippen LogP contribution >= 0.6 is 0 Å². The van der Waals surface area contributed by atoms with Gasteiger partial charge in [-0.05, 0) is 18.9 Å². The Balaban J connectivity index is 2.77. The molecule has 0 saturated carbocycles. The number of rotatable bonds is 6. The molecule has 0 aliphatic rings. The number of hydrogen-bond acceptors (Lipinski definition) is 1. The zero-order valence-corrected chi connectivity index (χ0v) is 7.32. The average molecular weight is 142 g/mol. The molecule has 0 unspecified atom stereocenters. The van der Waals surface area contributed by atoms with Crippen molar-refractivity contribution in [3.8, 4) is 0 Å². The largest absolute Gasteiger partial charge is 0.315 e. The standard InChI is InChI=1S/C9H20N/c1-9(2)7-5-4-6-8-10-3/h9-10H,3-8H2,1-2H3. The number of nitrogens with one attached hydrogen (secondary N) is 1. The maximum Gasteiger partial charge on any atom is 0.00767 e. The molecule has 0 atom stereocenters. The topological polar surface area (TPSA) is 12.0 Å². The zero-order chi connectivity index (χ0) is 7.82. The second kappa shape index (κ2) is 7.07. The van der Waals surface area contributed by atoms with Crippen LogP contribution in [0.25, 0.3) is 0 Å². The van der Waals surface area contributed by atoms with Gasteiger partial charge < -0.3 is 5.32 Å². The molecule has 0 fully saturated rings. The summed E-state index contributed by atoms with van der Waals surface area (Å²) in [5.74, 6) is 0.868. The highest BCUT2D eigenvalue weighted by Gasteiger charge is 1.92. The molecule has 0 aliphatic carbocycles. The first kappa shape index (κ1) is 9.96. The summed E-state index contributed by atoms with van der Waals surface area (Å²) in [6.07, 6.45) is 5.37. The number of unbranched alkanes of at least 4 members (excludes halogenated alkanes) is 2. The summed E-state index contributed by atoms with van der Waals surface area (Å²) in [7, 11) is 3.57. The van der Waals surface area contributed by atoms with Crippen LogP contribution in [0.1, 0.15) is 39.5 Å². The molecule has 1 heteroatoms. The Morgan fingerprint density at radius 2 is 1.90 bits per heavy atom. The lowest BCUT2D eigenvalue weighted by Crippen LogP contribution is -2.04. The second-order valence-corrected chi connectivity index (χ2v) is 3.24. The first-order valence-electron chi connectivity index (χ1n) is 4.27. The van der Waals surface area contributed by atoms with Crippen LogP contribution in [0.15, 0.2) is 0 Å². The lowest BCUT2D eigenvalue weighted by atomic mass is 10.1. The number of hydrogen-bond donors (Lipinski definition) is 1. The van der Waals surface area contributed by atoms with E-state index >= 15 is 0 Å². The van der Waals surface area contributed by atoms with Crippen LogP contribution in [0.5, 0.6) is 0 Å². The van der Waals surface area contributed by atoms with Crippen LogP contribution < -0.4 is 5.32 Å². The van der Waals surface area contributed by atoms with Gasteiger partial charge in [0.25, 0.3) is 0 Å². The van der Waals surface area contributed by atoms with Crippen molar-refractivity contribution < 1.29 is 0 Å². The Hall–Kier alpha value is -0.0400. The van der Waals surface area contributed by atoms with Crippen LogP contribution in [0.4, 0.5) is 0 Å². The molecule has 0 aromatic rings. The Kier molecular flexibility index (Phi) is 7.04.